The van der Waals surface area contributed by atoms with Gasteiger partial charge in [-0.05, 0) is 0 Å². The average Bonchev–Trinajstić information content (AvgIpc) is 2.72. The first-order valence-electron chi connectivity index (χ1n) is 5.49. The lowest BCUT2D eigenvalue weighted by Gasteiger charge is -2.09. The highest BCUT2D eigenvalue weighted by Gasteiger charge is 2.27. The molecule has 0 radical (unpaired) electrons. The van der Waals surface area contributed by atoms with Gasteiger partial charge in [-0.3, -0.25) is 4.79 Å². The third-order valence-corrected chi connectivity index (χ3v) is 2.47. The van der Waals surface area contributed by atoms with E-state index >= 15 is 0 Å². The number of methoxy groups -OCH3 is 1. The number of carbonyl (C=O) groups excluding carboxylic acids is 3. The van der Waals surface area contributed by atoms with E-state index in [-0.39, 0.29) is 18.6 Å². The van der Waals surface area contributed by atoms with Crippen LogP contribution in [0.5, 0.6) is 0 Å². The number of nitrogens with two attached hydrogens (primary N) is 1. The Morgan fingerprint density at radius 2 is 2.00 bits per heavy atom. The van der Waals surface area contributed by atoms with Gasteiger partial charge >= 0.3 is 11.9 Å². The zero-order valence-corrected chi connectivity index (χ0v) is 10.0. The molecule has 0 bridgehead atoms. The van der Waals surface area contributed by atoms with Crippen molar-refractivity contribution in [2.75, 3.05) is 13.7 Å². The molecule has 7 nitrogen and oxygen atoms in total. The second-order valence-electron chi connectivity index (χ2n) is 3.93. The van der Waals surface area contributed by atoms with Crippen molar-refractivity contribution in [3.05, 3.63) is 12.2 Å². The summed E-state index contributed by atoms with van der Waals surface area (Å²) in [5.74, 6) is -1.64. The Balaban J connectivity index is 2.32. The lowest BCUT2D eigenvalue weighted by molar-refractivity contribution is -0.143. The largest absolute Gasteiger partial charge is 0.466 e. The molecule has 1 aliphatic heterocycles. The molecule has 18 heavy (non-hydrogen) atoms. The predicted molar refractivity (Wildman–Crippen MR) is 61.3 cm³/mol. The van der Waals surface area contributed by atoms with Crippen molar-refractivity contribution in [1.29, 1.82) is 0 Å². The molecule has 0 aromatic carbocycles. The van der Waals surface area contributed by atoms with Crippen LogP contribution < -0.4 is 11.1 Å². The van der Waals surface area contributed by atoms with Crippen LogP contribution in [0.1, 0.15) is 12.8 Å². The van der Waals surface area contributed by atoms with E-state index in [9.17, 15) is 14.4 Å². The number of esters is 2. The van der Waals surface area contributed by atoms with Gasteiger partial charge in [0, 0.05) is 37.6 Å². The van der Waals surface area contributed by atoms with E-state index in [2.05, 4.69) is 10.1 Å². The Kier molecular flexibility index (Phi) is 5.31. The monoisotopic (exact) mass is 256 g/mol. The van der Waals surface area contributed by atoms with E-state index in [0.29, 0.717) is 13.0 Å². The van der Waals surface area contributed by atoms with Gasteiger partial charge < -0.3 is 20.5 Å². The summed E-state index contributed by atoms with van der Waals surface area (Å²) in [6.07, 6.45) is 2.43. The van der Waals surface area contributed by atoms with Crippen LogP contribution in [0.15, 0.2) is 12.2 Å². The van der Waals surface area contributed by atoms with Crippen molar-refractivity contribution in [1.82, 2.24) is 5.32 Å². The van der Waals surface area contributed by atoms with Crippen LogP contribution in [0, 0.1) is 0 Å². The fourth-order valence-electron chi connectivity index (χ4n) is 1.68. The topological polar surface area (TPSA) is 108 Å². The SMILES string of the molecule is COC(=O)/C=C/C(=O)O[C@H]1CN[C@H](CC(N)=O)C1. The summed E-state index contributed by atoms with van der Waals surface area (Å²) >= 11 is 0. The molecule has 3 N–H and O–H groups in total. The number of primary amides is 1. The molecule has 0 saturated carbocycles. The van der Waals surface area contributed by atoms with Gasteiger partial charge in [-0.25, -0.2) is 9.59 Å². The Bertz CT molecular complexity index is 366. The standard InChI is InChI=1S/C11H16N2O5/c1-17-10(15)2-3-11(16)18-8-4-7(13-6-8)5-9(12)14/h2-3,7-8,13H,4-6H2,1H3,(H2,12,14)/b3-2+/t7-,8+/m0/s1. The minimum atomic E-state index is -0.622. The summed E-state index contributed by atoms with van der Waals surface area (Å²) in [6, 6.07) is -0.0649. The van der Waals surface area contributed by atoms with E-state index in [1.165, 1.54) is 7.11 Å². The summed E-state index contributed by atoms with van der Waals surface area (Å²) in [5.41, 5.74) is 5.07. The molecule has 1 fully saturated rings. The van der Waals surface area contributed by atoms with E-state index in [4.69, 9.17) is 10.5 Å². The highest BCUT2D eigenvalue weighted by atomic mass is 16.5. The molecule has 0 aromatic rings. The fourth-order valence-corrected chi connectivity index (χ4v) is 1.68. The van der Waals surface area contributed by atoms with Gasteiger partial charge in [0.25, 0.3) is 0 Å². The molecule has 0 aromatic heterocycles. The zero-order chi connectivity index (χ0) is 13.5. The zero-order valence-electron chi connectivity index (χ0n) is 10.0. The van der Waals surface area contributed by atoms with Gasteiger partial charge in [0.05, 0.1) is 7.11 Å². The van der Waals surface area contributed by atoms with Gasteiger partial charge in [-0.1, -0.05) is 0 Å². The van der Waals surface area contributed by atoms with Gasteiger partial charge in [-0.2, -0.15) is 0 Å². The third kappa shape index (κ3) is 4.96. The average molecular weight is 256 g/mol. The highest BCUT2D eigenvalue weighted by Crippen LogP contribution is 2.13. The smallest absolute Gasteiger partial charge is 0.331 e. The normalized spacial score (nSPS) is 22.9. The lowest BCUT2D eigenvalue weighted by atomic mass is 10.1. The highest BCUT2D eigenvalue weighted by molar-refractivity contribution is 5.91. The second kappa shape index (κ2) is 6.75. The van der Waals surface area contributed by atoms with Crippen molar-refractivity contribution in [2.45, 2.75) is 25.0 Å². The molecule has 1 saturated heterocycles. The summed E-state index contributed by atoms with van der Waals surface area (Å²) in [6.45, 7) is 0.468. The summed E-state index contributed by atoms with van der Waals surface area (Å²) in [4.78, 5) is 32.8. The maximum Gasteiger partial charge on any atom is 0.331 e. The molecule has 1 amide bonds. The van der Waals surface area contributed by atoms with Crippen LogP contribution in [0.4, 0.5) is 0 Å². The van der Waals surface area contributed by atoms with Crippen LogP contribution in [0.3, 0.4) is 0 Å². The van der Waals surface area contributed by atoms with Crippen LogP contribution in [-0.2, 0) is 23.9 Å². The third-order valence-electron chi connectivity index (χ3n) is 2.47. The maximum atomic E-state index is 11.3. The van der Waals surface area contributed by atoms with Crippen LogP contribution in [0.2, 0.25) is 0 Å². The molecule has 100 valence electrons. The number of hydrogen-bond donors (Lipinski definition) is 2. The Hall–Kier alpha value is -1.89. The quantitative estimate of drug-likeness (QED) is 0.476. The van der Waals surface area contributed by atoms with Gasteiger partial charge in [0.2, 0.25) is 5.91 Å². The van der Waals surface area contributed by atoms with E-state index in [0.717, 1.165) is 12.2 Å². The number of hydrogen-bond acceptors (Lipinski definition) is 6. The van der Waals surface area contributed by atoms with Crippen molar-refractivity contribution < 1.29 is 23.9 Å². The number of ether oxygens (including phenoxy) is 2. The summed E-state index contributed by atoms with van der Waals surface area (Å²) in [7, 11) is 1.22. The number of carbonyl (C=O) groups is 3. The summed E-state index contributed by atoms with van der Waals surface area (Å²) in [5, 5.41) is 3.03. The lowest BCUT2D eigenvalue weighted by Crippen LogP contribution is -2.27. The Morgan fingerprint density at radius 3 is 2.61 bits per heavy atom. The first-order chi connectivity index (χ1) is 8.51. The molecule has 1 heterocycles. The van der Waals surface area contributed by atoms with E-state index < -0.39 is 17.8 Å². The molecule has 0 aliphatic carbocycles. The van der Waals surface area contributed by atoms with Gasteiger partial charge in [-0.15, -0.1) is 0 Å². The summed E-state index contributed by atoms with van der Waals surface area (Å²) < 4.78 is 9.40. The fraction of sp³-hybridized carbons (Fsp3) is 0.545. The van der Waals surface area contributed by atoms with E-state index in [1.54, 1.807) is 0 Å². The van der Waals surface area contributed by atoms with Gasteiger partial charge in [0.1, 0.15) is 6.10 Å². The molecular weight excluding hydrogens is 240 g/mol. The molecule has 0 unspecified atom stereocenters. The van der Waals surface area contributed by atoms with Gasteiger partial charge in [0.15, 0.2) is 0 Å². The van der Waals surface area contributed by atoms with Crippen LogP contribution in [0.25, 0.3) is 0 Å². The Labute approximate surface area is 104 Å². The van der Waals surface area contributed by atoms with Crippen molar-refractivity contribution in [3.8, 4) is 0 Å². The molecule has 1 rings (SSSR count). The van der Waals surface area contributed by atoms with Crippen molar-refractivity contribution in [3.63, 3.8) is 0 Å². The minimum absolute atomic E-state index is 0.0649. The first kappa shape index (κ1) is 14.2. The second-order valence-corrected chi connectivity index (χ2v) is 3.93. The van der Waals surface area contributed by atoms with Crippen molar-refractivity contribution >= 4 is 17.8 Å². The van der Waals surface area contributed by atoms with Crippen LogP contribution >= 0.6 is 0 Å². The molecule has 7 heteroatoms. The number of amides is 1. The molecule has 2 atom stereocenters. The maximum absolute atomic E-state index is 11.3. The molecule has 1 aliphatic rings. The molecular formula is C11H16N2O5. The van der Waals surface area contributed by atoms with Crippen LogP contribution in [-0.4, -0.2) is 43.6 Å². The molecule has 0 spiro atoms. The number of nitrogens with one attached hydrogen (secondary N) is 1. The number of rotatable bonds is 5. The van der Waals surface area contributed by atoms with Crippen molar-refractivity contribution in [2.24, 2.45) is 5.73 Å². The van der Waals surface area contributed by atoms with E-state index in [1.807, 2.05) is 0 Å². The first-order valence-corrected chi connectivity index (χ1v) is 5.49. The Morgan fingerprint density at radius 1 is 1.33 bits per heavy atom. The minimum Gasteiger partial charge on any atom is -0.466 e. The predicted octanol–water partition coefficient (Wildman–Crippen LogP) is -1.14.